The van der Waals surface area contributed by atoms with Crippen LogP contribution in [0.15, 0.2) is 42.5 Å². The molecule has 108 valence electrons. The molecule has 3 rings (SSSR count). The lowest BCUT2D eigenvalue weighted by Crippen LogP contribution is -2.05. The fraction of sp³-hybridized carbons (Fsp3) is 0.133. The lowest BCUT2D eigenvalue weighted by atomic mass is 10.1. The Kier molecular flexibility index (Phi) is 3.08. The van der Waals surface area contributed by atoms with Gasteiger partial charge in [-0.1, -0.05) is 12.1 Å². The van der Waals surface area contributed by atoms with Gasteiger partial charge in [-0.2, -0.15) is 13.2 Å². The summed E-state index contributed by atoms with van der Waals surface area (Å²) in [6, 6.07) is 10.7. The standard InChI is InChI=1S/C15H11F3N2O/c1-21-13-8-9(15(16,17)18)6-7-10(13)14-19-11-4-2-3-5-12(11)20-14/h2-8H,1H3,(H,19,20). The first kappa shape index (κ1) is 13.5. The summed E-state index contributed by atoms with van der Waals surface area (Å²) >= 11 is 0. The van der Waals surface area contributed by atoms with Gasteiger partial charge in [0.05, 0.1) is 29.3 Å². The molecule has 0 bridgehead atoms. The number of nitrogens with zero attached hydrogens (tertiary/aromatic N) is 1. The topological polar surface area (TPSA) is 37.9 Å². The summed E-state index contributed by atoms with van der Waals surface area (Å²) in [5, 5.41) is 0. The first-order valence-corrected chi connectivity index (χ1v) is 6.19. The molecule has 0 atom stereocenters. The van der Waals surface area contributed by atoms with Gasteiger partial charge in [-0.05, 0) is 30.3 Å². The van der Waals surface area contributed by atoms with Crippen LogP contribution in [0.25, 0.3) is 22.4 Å². The number of rotatable bonds is 2. The number of fused-ring (bicyclic) bond motifs is 1. The van der Waals surface area contributed by atoms with E-state index in [1.165, 1.54) is 13.2 Å². The van der Waals surface area contributed by atoms with Crippen LogP contribution in [0, 0.1) is 0 Å². The molecule has 0 aliphatic carbocycles. The normalized spacial score (nSPS) is 11.8. The molecule has 0 aliphatic heterocycles. The molecule has 0 amide bonds. The van der Waals surface area contributed by atoms with Crippen LogP contribution in [0.4, 0.5) is 13.2 Å². The number of H-pyrrole nitrogens is 1. The molecule has 0 aliphatic rings. The summed E-state index contributed by atoms with van der Waals surface area (Å²) in [6.45, 7) is 0. The second-order valence-corrected chi connectivity index (χ2v) is 4.52. The van der Waals surface area contributed by atoms with Gasteiger partial charge in [-0.25, -0.2) is 4.98 Å². The third kappa shape index (κ3) is 2.44. The number of hydrogen-bond donors (Lipinski definition) is 1. The highest BCUT2D eigenvalue weighted by Crippen LogP contribution is 2.36. The van der Waals surface area contributed by atoms with Gasteiger partial charge in [0.1, 0.15) is 11.6 Å². The smallest absolute Gasteiger partial charge is 0.416 e. The number of para-hydroxylation sites is 2. The summed E-state index contributed by atoms with van der Waals surface area (Å²) in [5.41, 5.74) is 1.30. The van der Waals surface area contributed by atoms with E-state index in [9.17, 15) is 13.2 Å². The highest BCUT2D eigenvalue weighted by molar-refractivity contribution is 5.80. The Labute approximate surface area is 118 Å². The monoisotopic (exact) mass is 292 g/mol. The first-order valence-electron chi connectivity index (χ1n) is 6.19. The Bertz CT molecular complexity index is 760. The quantitative estimate of drug-likeness (QED) is 0.766. The fourth-order valence-corrected chi connectivity index (χ4v) is 2.14. The maximum absolute atomic E-state index is 12.7. The summed E-state index contributed by atoms with van der Waals surface area (Å²) in [7, 11) is 1.33. The zero-order chi connectivity index (χ0) is 15.0. The third-order valence-electron chi connectivity index (χ3n) is 3.17. The van der Waals surface area contributed by atoms with Crippen molar-refractivity contribution in [2.75, 3.05) is 7.11 Å². The van der Waals surface area contributed by atoms with E-state index in [1.54, 1.807) is 0 Å². The minimum absolute atomic E-state index is 0.129. The summed E-state index contributed by atoms with van der Waals surface area (Å²) in [4.78, 5) is 7.44. The molecule has 1 N–H and O–H groups in total. The molecule has 0 unspecified atom stereocenters. The van der Waals surface area contributed by atoms with E-state index >= 15 is 0 Å². The van der Waals surface area contributed by atoms with Crippen LogP contribution >= 0.6 is 0 Å². The molecule has 0 spiro atoms. The molecule has 3 aromatic rings. The number of hydrogen-bond acceptors (Lipinski definition) is 2. The van der Waals surface area contributed by atoms with E-state index in [2.05, 4.69) is 9.97 Å². The molecular weight excluding hydrogens is 281 g/mol. The minimum atomic E-state index is -4.40. The van der Waals surface area contributed by atoms with Crippen molar-refractivity contribution in [1.82, 2.24) is 9.97 Å². The van der Waals surface area contributed by atoms with Gasteiger partial charge in [0, 0.05) is 0 Å². The number of halogens is 3. The van der Waals surface area contributed by atoms with Crippen LogP contribution in [-0.4, -0.2) is 17.1 Å². The fourth-order valence-electron chi connectivity index (χ4n) is 2.14. The molecule has 21 heavy (non-hydrogen) atoms. The van der Waals surface area contributed by atoms with Gasteiger partial charge in [0.2, 0.25) is 0 Å². The van der Waals surface area contributed by atoms with Gasteiger partial charge in [-0.3, -0.25) is 0 Å². The van der Waals surface area contributed by atoms with E-state index < -0.39 is 11.7 Å². The van der Waals surface area contributed by atoms with Crippen molar-refractivity contribution >= 4 is 11.0 Å². The van der Waals surface area contributed by atoms with E-state index in [4.69, 9.17) is 4.74 Å². The number of alkyl halides is 3. The first-order chi connectivity index (χ1) is 9.99. The molecule has 1 heterocycles. The van der Waals surface area contributed by atoms with Crippen molar-refractivity contribution in [2.24, 2.45) is 0 Å². The predicted molar refractivity (Wildman–Crippen MR) is 73.1 cm³/mol. The third-order valence-corrected chi connectivity index (χ3v) is 3.17. The molecule has 2 aromatic carbocycles. The Morgan fingerprint density at radius 1 is 1.10 bits per heavy atom. The molecule has 0 saturated heterocycles. The molecule has 1 aromatic heterocycles. The van der Waals surface area contributed by atoms with Gasteiger partial charge < -0.3 is 9.72 Å². The van der Waals surface area contributed by atoms with Crippen LogP contribution in [0.3, 0.4) is 0 Å². The Morgan fingerprint density at radius 2 is 1.86 bits per heavy atom. The molecule has 0 saturated carbocycles. The zero-order valence-corrected chi connectivity index (χ0v) is 11.0. The molecule has 0 fully saturated rings. The SMILES string of the molecule is COc1cc(C(F)(F)F)ccc1-c1nc2ccccc2[nH]1. The minimum Gasteiger partial charge on any atom is -0.496 e. The van der Waals surface area contributed by atoms with E-state index in [0.717, 1.165) is 23.2 Å². The van der Waals surface area contributed by atoms with Crippen molar-refractivity contribution in [3.63, 3.8) is 0 Å². The van der Waals surface area contributed by atoms with Crippen molar-refractivity contribution in [2.45, 2.75) is 6.18 Å². The Hall–Kier alpha value is -2.50. The van der Waals surface area contributed by atoms with Gasteiger partial charge >= 0.3 is 6.18 Å². The average Bonchev–Trinajstić information content (AvgIpc) is 2.89. The molecule has 3 nitrogen and oxygen atoms in total. The summed E-state index contributed by atoms with van der Waals surface area (Å²) < 4.78 is 43.3. The average molecular weight is 292 g/mol. The second kappa shape index (κ2) is 4.80. The van der Waals surface area contributed by atoms with E-state index in [-0.39, 0.29) is 5.75 Å². The number of aromatic nitrogens is 2. The maximum atomic E-state index is 12.7. The van der Waals surface area contributed by atoms with Crippen LogP contribution in [0.2, 0.25) is 0 Å². The van der Waals surface area contributed by atoms with Crippen molar-refractivity contribution in [1.29, 1.82) is 0 Å². The van der Waals surface area contributed by atoms with Crippen LogP contribution in [0.1, 0.15) is 5.56 Å². The van der Waals surface area contributed by atoms with Crippen molar-refractivity contribution in [3.05, 3.63) is 48.0 Å². The summed E-state index contributed by atoms with van der Waals surface area (Å²) in [6.07, 6.45) is -4.40. The van der Waals surface area contributed by atoms with Crippen molar-refractivity contribution < 1.29 is 17.9 Å². The van der Waals surface area contributed by atoms with Crippen molar-refractivity contribution in [3.8, 4) is 17.1 Å². The van der Waals surface area contributed by atoms with Gasteiger partial charge in [0.25, 0.3) is 0 Å². The van der Waals surface area contributed by atoms with Crippen LogP contribution in [-0.2, 0) is 6.18 Å². The predicted octanol–water partition coefficient (Wildman–Crippen LogP) is 4.26. The second-order valence-electron chi connectivity index (χ2n) is 4.52. The molecular formula is C15H11F3N2O. The number of imidazole rings is 1. The maximum Gasteiger partial charge on any atom is 0.416 e. The largest absolute Gasteiger partial charge is 0.496 e. The summed E-state index contributed by atoms with van der Waals surface area (Å²) in [5.74, 6) is 0.602. The number of benzene rings is 2. The van der Waals surface area contributed by atoms with E-state index in [0.29, 0.717) is 11.4 Å². The van der Waals surface area contributed by atoms with Gasteiger partial charge in [0.15, 0.2) is 0 Å². The van der Waals surface area contributed by atoms with E-state index in [1.807, 2.05) is 24.3 Å². The number of aromatic amines is 1. The lowest BCUT2D eigenvalue weighted by Gasteiger charge is -2.11. The molecule has 0 radical (unpaired) electrons. The highest BCUT2D eigenvalue weighted by Gasteiger charge is 2.31. The molecule has 6 heteroatoms. The van der Waals surface area contributed by atoms with Crippen LogP contribution < -0.4 is 4.74 Å². The number of nitrogens with one attached hydrogen (secondary N) is 1. The zero-order valence-electron chi connectivity index (χ0n) is 11.0. The van der Waals surface area contributed by atoms with Gasteiger partial charge in [-0.15, -0.1) is 0 Å². The van der Waals surface area contributed by atoms with Crippen LogP contribution in [0.5, 0.6) is 5.75 Å². The highest BCUT2D eigenvalue weighted by atomic mass is 19.4. The lowest BCUT2D eigenvalue weighted by molar-refractivity contribution is -0.137. The number of ether oxygens (including phenoxy) is 1. The number of methoxy groups -OCH3 is 1. The Balaban J connectivity index is 2.13. The Morgan fingerprint density at radius 3 is 2.52 bits per heavy atom.